The summed E-state index contributed by atoms with van der Waals surface area (Å²) in [5, 5.41) is 0. The third-order valence-electron chi connectivity index (χ3n) is 4.63. The Morgan fingerprint density at radius 1 is 1.25 bits per heavy atom. The van der Waals surface area contributed by atoms with Crippen molar-refractivity contribution in [2.45, 2.75) is 24.1 Å². The van der Waals surface area contributed by atoms with Crippen molar-refractivity contribution < 1.29 is 9.47 Å². The smallest absolute Gasteiger partial charge is 0.133 e. The normalized spacial score (nSPS) is 29.1. The lowest BCUT2D eigenvalue weighted by Crippen LogP contribution is -2.05. The van der Waals surface area contributed by atoms with Crippen LogP contribution >= 0.6 is 31.9 Å². The molecular formula is C16H20Br2O2. The van der Waals surface area contributed by atoms with Gasteiger partial charge in [0.05, 0.1) is 11.1 Å². The molecule has 0 N–H and O–H groups in total. The third-order valence-corrected chi connectivity index (χ3v) is 6.39. The Kier molecular flexibility index (Phi) is 4.73. The zero-order valence-electron chi connectivity index (χ0n) is 11.6. The Morgan fingerprint density at radius 2 is 2.00 bits per heavy atom. The first-order chi connectivity index (χ1) is 9.72. The van der Waals surface area contributed by atoms with Crippen molar-refractivity contribution in [1.29, 1.82) is 0 Å². The zero-order chi connectivity index (χ0) is 14.1. The highest BCUT2D eigenvalue weighted by atomic mass is 79.9. The maximum atomic E-state index is 5.68. The number of benzene rings is 1. The van der Waals surface area contributed by atoms with Crippen molar-refractivity contribution in [2.75, 3.05) is 20.3 Å². The fourth-order valence-electron chi connectivity index (χ4n) is 3.57. The van der Waals surface area contributed by atoms with E-state index in [4.69, 9.17) is 9.47 Å². The fraction of sp³-hybridized carbons (Fsp3) is 0.625. The van der Waals surface area contributed by atoms with Gasteiger partial charge >= 0.3 is 0 Å². The van der Waals surface area contributed by atoms with Gasteiger partial charge in [-0.05, 0) is 64.2 Å². The van der Waals surface area contributed by atoms with Gasteiger partial charge in [-0.1, -0.05) is 28.4 Å². The molecule has 4 heteroatoms. The molecule has 0 spiro atoms. The highest BCUT2D eigenvalue weighted by Gasteiger charge is 2.55. The number of methoxy groups -OCH3 is 1. The summed E-state index contributed by atoms with van der Waals surface area (Å²) in [5.41, 5.74) is 1.36. The second kappa shape index (κ2) is 6.37. The fourth-order valence-corrected chi connectivity index (χ4v) is 5.15. The lowest BCUT2D eigenvalue weighted by molar-refractivity contribution is 0.146. The molecule has 1 aromatic carbocycles. The molecule has 2 aliphatic carbocycles. The molecule has 2 nitrogen and oxygen atoms in total. The number of alkyl halides is 1. The van der Waals surface area contributed by atoms with Gasteiger partial charge in [-0.15, -0.1) is 0 Å². The van der Waals surface area contributed by atoms with Crippen LogP contribution in [0.25, 0.3) is 0 Å². The van der Waals surface area contributed by atoms with Crippen LogP contribution in [0.15, 0.2) is 22.7 Å². The van der Waals surface area contributed by atoms with Crippen molar-refractivity contribution in [3.05, 3.63) is 28.2 Å². The van der Waals surface area contributed by atoms with E-state index in [9.17, 15) is 0 Å². The van der Waals surface area contributed by atoms with Gasteiger partial charge in [0, 0.05) is 11.9 Å². The highest BCUT2D eigenvalue weighted by molar-refractivity contribution is 9.10. The van der Waals surface area contributed by atoms with Gasteiger partial charge < -0.3 is 9.47 Å². The van der Waals surface area contributed by atoms with E-state index in [0.29, 0.717) is 18.0 Å². The zero-order valence-corrected chi connectivity index (χ0v) is 14.8. The molecule has 1 aromatic rings. The van der Waals surface area contributed by atoms with Crippen molar-refractivity contribution in [3.63, 3.8) is 0 Å². The van der Waals surface area contributed by atoms with Gasteiger partial charge in [0.1, 0.15) is 12.4 Å². The average molecular weight is 404 g/mol. The molecule has 3 atom stereocenters. The Hall–Kier alpha value is -0.0600. The Balaban J connectivity index is 1.64. The minimum Gasteiger partial charge on any atom is -0.490 e. The first-order valence-corrected chi connectivity index (χ1v) is 8.98. The molecule has 2 aliphatic rings. The topological polar surface area (TPSA) is 18.5 Å². The van der Waals surface area contributed by atoms with Crippen LogP contribution in [-0.4, -0.2) is 20.3 Å². The van der Waals surface area contributed by atoms with Gasteiger partial charge in [0.2, 0.25) is 0 Å². The van der Waals surface area contributed by atoms with E-state index in [1.165, 1.54) is 24.8 Å². The van der Waals surface area contributed by atoms with E-state index >= 15 is 0 Å². The van der Waals surface area contributed by atoms with E-state index in [0.717, 1.165) is 28.0 Å². The standard InChI is InChI=1S/C16H20Br2O2/c1-19-7-8-20-14-6-5-10(9-13(14)17)16(18)15-11-3-2-4-12(11)15/h5-6,9,11-12,15-16H,2-4,7-8H2,1H3. The first-order valence-electron chi connectivity index (χ1n) is 7.27. The highest BCUT2D eigenvalue weighted by Crippen LogP contribution is 2.64. The Bertz CT molecular complexity index is 468. The van der Waals surface area contributed by atoms with Crippen LogP contribution in [0.5, 0.6) is 5.75 Å². The van der Waals surface area contributed by atoms with Crippen LogP contribution in [0.4, 0.5) is 0 Å². The number of fused-ring (bicyclic) bond motifs is 1. The SMILES string of the molecule is COCCOc1ccc(C(Br)C2C3CCCC32)cc1Br. The van der Waals surface area contributed by atoms with Crippen LogP contribution < -0.4 is 4.74 Å². The van der Waals surface area contributed by atoms with Gasteiger partial charge in [-0.25, -0.2) is 0 Å². The molecule has 0 bridgehead atoms. The van der Waals surface area contributed by atoms with Crippen LogP contribution in [0.1, 0.15) is 29.7 Å². The minimum atomic E-state index is 0.488. The Labute approximate surface area is 137 Å². The summed E-state index contributed by atoms with van der Waals surface area (Å²) in [6.07, 6.45) is 4.29. The molecular weight excluding hydrogens is 384 g/mol. The molecule has 0 heterocycles. The molecule has 2 saturated carbocycles. The second-order valence-electron chi connectivity index (χ2n) is 5.77. The molecule has 3 rings (SSSR count). The summed E-state index contributed by atoms with van der Waals surface area (Å²) in [4.78, 5) is 0.488. The van der Waals surface area contributed by atoms with Gasteiger partial charge in [-0.2, -0.15) is 0 Å². The maximum absolute atomic E-state index is 5.68. The summed E-state index contributed by atoms with van der Waals surface area (Å²) in [5.74, 6) is 3.67. The van der Waals surface area contributed by atoms with Crippen LogP contribution in [0.2, 0.25) is 0 Å². The quantitative estimate of drug-likeness (QED) is 0.493. The van der Waals surface area contributed by atoms with Crippen LogP contribution in [0, 0.1) is 17.8 Å². The molecule has 0 amide bonds. The molecule has 20 heavy (non-hydrogen) atoms. The Morgan fingerprint density at radius 3 is 2.65 bits per heavy atom. The van der Waals surface area contributed by atoms with Crippen molar-refractivity contribution in [1.82, 2.24) is 0 Å². The maximum Gasteiger partial charge on any atom is 0.133 e. The van der Waals surface area contributed by atoms with E-state index in [-0.39, 0.29) is 0 Å². The number of ether oxygens (including phenoxy) is 2. The molecule has 110 valence electrons. The second-order valence-corrected chi connectivity index (χ2v) is 7.61. The molecule has 2 fully saturated rings. The van der Waals surface area contributed by atoms with E-state index < -0.39 is 0 Å². The predicted molar refractivity (Wildman–Crippen MR) is 87.5 cm³/mol. The monoisotopic (exact) mass is 402 g/mol. The summed E-state index contributed by atoms with van der Waals surface area (Å²) >= 11 is 7.52. The molecule has 0 aliphatic heterocycles. The van der Waals surface area contributed by atoms with E-state index in [1.54, 1.807) is 7.11 Å². The predicted octanol–water partition coefficient (Wildman–Crippen LogP) is 4.96. The van der Waals surface area contributed by atoms with E-state index in [2.05, 4.69) is 50.1 Å². The molecule has 3 unspecified atom stereocenters. The lowest BCUT2D eigenvalue weighted by atomic mass is 10.0. The van der Waals surface area contributed by atoms with Gasteiger partial charge in [0.15, 0.2) is 0 Å². The van der Waals surface area contributed by atoms with Gasteiger partial charge in [0.25, 0.3) is 0 Å². The van der Waals surface area contributed by atoms with E-state index in [1.807, 2.05) is 0 Å². The van der Waals surface area contributed by atoms with Crippen molar-refractivity contribution in [3.8, 4) is 5.75 Å². The largest absolute Gasteiger partial charge is 0.490 e. The number of hydrogen-bond acceptors (Lipinski definition) is 2. The first kappa shape index (κ1) is 14.9. The number of halogens is 2. The third kappa shape index (κ3) is 2.93. The lowest BCUT2D eigenvalue weighted by Gasteiger charge is -2.14. The summed E-state index contributed by atoms with van der Waals surface area (Å²) < 4.78 is 11.7. The summed E-state index contributed by atoms with van der Waals surface area (Å²) in [7, 11) is 1.68. The van der Waals surface area contributed by atoms with Crippen molar-refractivity contribution >= 4 is 31.9 Å². The molecule has 0 saturated heterocycles. The summed E-state index contributed by atoms with van der Waals surface area (Å²) in [6.45, 7) is 1.19. The van der Waals surface area contributed by atoms with Crippen LogP contribution in [0.3, 0.4) is 0 Å². The minimum absolute atomic E-state index is 0.488. The molecule has 0 aromatic heterocycles. The van der Waals surface area contributed by atoms with Gasteiger partial charge in [-0.3, -0.25) is 0 Å². The summed E-state index contributed by atoms with van der Waals surface area (Å²) in [6, 6.07) is 6.43. The number of rotatable bonds is 6. The van der Waals surface area contributed by atoms with Crippen LogP contribution in [-0.2, 0) is 4.74 Å². The van der Waals surface area contributed by atoms with Crippen molar-refractivity contribution in [2.24, 2.45) is 17.8 Å². The molecule has 0 radical (unpaired) electrons. The average Bonchev–Trinajstić information content (AvgIpc) is 2.92. The number of hydrogen-bond donors (Lipinski definition) is 0.